The molecule has 0 N–H and O–H groups in total. The summed E-state index contributed by atoms with van der Waals surface area (Å²) in [6, 6.07) is 11.1. The maximum atomic E-state index is 2.36. The van der Waals surface area contributed by atoms with Crippen molar-refractivity contribution in [2.45, 2.75) is 34.1 Å². The van der Waals surface area contributed by atoms with Gasteiger partial charge >= 0.3 is 0 Å². The molecule has 2 aromatic rings. The quantitative estimate of drug-likeness (QED) is 0.729. The molecule has 0 saturated heterocycles. The largest absolute Gasteiger partial charge is 0.212 e. The van der Waals surface area contributed by atoms with Crippen LogP contribution in [-0.4, -0.2) is 0 Å². The van der Waals surface area contributed by atoms with E-state index in [-0.39, 0.29) is 0 Å². The molecule has 1 nitrogen and oxygen atoms in total. The lowest BCUT2D eigenvalue weighted by Crippen LogP contribution is -2.30. The lowest BCUT2D eigenvalue weighted by atomic mass is 9.93. The number of benzene rings is 1. The summed E-state index contributed by atoms with van der Waals surface area (Å²) in [5.74, 6) is 0.705. The minimum absolute atomic E-state index is 0.705. The molecule has 2 rings (SSSR count). The lowest BCUT2D eigenvalue weighted by Gasteiger charge is -2.13. The highest BCUT2D eigenvalue weighted by Gasteiger charge is 2.13. The molecule has 1 aromatic heterocycles. The number of aromatic nitrogens is 1. The van der Waals surface area contributed by atoms with Crippen LogP contribution in [0.4, 0.5) is 0 Å². The van der Waals surface area contributed by atoms with Crippen molar-refractivity contribution < 1.29 is 4.57 Å². The fourth-order valence-corrected chi connectivity index (χ4v) is 2.61. The predicted molar refractivity (Wildman–Crippen MR) is 81.1 cm³/mol. The lowest BCUT2D eigenvalue weighted by molar-refractivity contribution is -0.660. The van der Waals surface area contributed by atoms with E-state index in [2.05, 4.69) is 75.8 Å². The molecule has 0 bridgehead atoms. The average Bonchev–Trinajstić information content (AvgIpc) is 2.34. The highest BCUT2D eigenvalue weighted by Crippen LogP contribution is 2.25. The molecular weight excluding hydrogens is 230 g/mol. The third-order valence-corrected chi connectivity index (χ3v) is 3.64. The molecule has 0 atom stereocenters. The number of hydrogen-bond acceptors (Lipinski definition) is 0. The number of pyridine rings is 1. The van der Waals surface area contributed by atoms with Gasteiger partial charge in [-0.2, -0.15) is 0 Å². The SMILES string of the molecule is Cc1cc(-c2cccc[n+]2C)c(C)cc1CC(C)C. The zero-order chi connectivity index (χ0) is 14.0. The van der Waals surface area contributed by atoms with Crippen LogP contribution in [0, 0.1) is 19.8 Å². The van der Waals surface area contributed by atoms with Crippen LogP contribution >= 0.6 is 0 Å². The van der Waals surface area contributed by atoms with E-state index in [0.717, 1.165) is 6.42 Å². The highest BCUT2D eigenvalue weighted by molar-refractivity contribution is 5.63. The summed E-state index contributed by atoms with van der Waals surface area (Å²) < 4.78 is 2.18. The van der Waals surface area contributed by atoms with Crippen molar-refractivity contribution in [3.63, 3.8) is 0 Å². The van der Waals surface area contributed by atoms with Crippen LogP contribution in [0.25, 0.3) is 11.3 Å². The Hall–Kier alpha value is -1.63. The van der Waals surface area contributed by atoms with Crippen LogP contribution in [0.3, 0.4) is 0 Å². The van der Waals surface area contributed by atoms with Gasteiger partial charge in [0.15, 0.2) is 6.20 Å². The smallest absolute Gasteiger partial charge is 0.201 e. The highest BCUT2D eigenvalue weighted by atomic mass is 14.9. The van der Waals surface area contributed by atoms with Gasteiger partial charge in [0.1, 0.15) is 7.05 Å². The fourth-order valence-electron chi connectivity index (χ4n) is 2.61. The molecule has 0 amide bonds. The van der Waals surface area contributed by atoms with Gasteiger partial charge in [-0.25, -0.2) is 4.57 Å². The Balaban J connectivity index is 2.50. The fraction of sp³-hybridized carbons (Fsp3) is 0.389. The van der Waals surface area contributed by atoms with Crippen molar-refractivity contribution >= 4 is 0 Å². The third kappa shape index (κ3) is 3.04. The molecule has 0 unspecified atom stereocenters. The van der Waals surface area contributed by atoms with E-state index < -0.39 is 0 Å². The predicted octanol–water partition coefficient (Wildman–Crippen LogP) is 3.99. The summed E-state index contributed by atoms with van der Waals surface area (Å²) >= 11 is 0. The van der Waals surface area contributed by atoms with E-state index in [0.29, 0.717) is 5.92 Å². The molecule has 1 heteroatoms. The monoisotopic (exact) mass is 254 g/mol. The van der Waals surface area contributed by atoms with E-state index in [4.69, 9.17) is 0 Å². The van der Waals surface area contributed by atoms with Crippen molar-refractivity contribution in [3.8, 4) is 11.3 Å². The van der Waals surface area contributed by atoms with Crippen LogP contribution in [0.15, 0.2) is 36.5 Å². The van der Waals surface area contributed by atoms with Crippen molar-refractivity contribution in [2.75, 3.05) is 0 Å². The van der Waals surface area contributed by atoms with Crippen LogP contribution in [0.1, 0.15) is 30.5 Å². The van der Waals surface area contributed by atoms with Gasteiger partial charge in [0.05, 0.1) is 0 Å². The first kappa shape index (κ1) is 13.8. The van der Waals surface area contributed by atoms with E-state index >= 15 is 0 Å². The Morgan fingerprint density at radius 3 is 2.42 bits per heavy atom. The molecule has 19 heavy (non-hydrogen) atoms. The number of aryl methyl sites for hydroxylation is 3. The molecule has 0 fully saturated rings. The summed E-state index contributed by atoms with van der Waals surface area (Å²) in [6.45, 7) is 8.99. The maximum Gasteiger partial charge on any atom is 0.212 e. The van der Waals surface area contributed by atoms with Gasteiger partial charge in [-0.05, 0) is 55.0 Å². The molecule has 100 valence electrons. The summed E-state index contributed by atoms with van der Waals surface area (Å²) in [4.78, 5) is 0. The van der Waals surface area contributed by atoms with Gasteiger partial charge in [-0.1, -0.05) is 19.9 Å². The molecule has 0 spiro atoms. The second-order valence-corrected chi connectivity index (χ2v) is 5.89. The molecule has 0 aliphatic rings. The maximum absolute atomic E-state index is 2.36. The molecule has 1 aromatic carbocycles. The van der Waals surface area contributed by atoms with Crippen LogP contribution in [-0.2, 0) is 13.5 Å². The standard InChI is InChI=1S/C18H24N/c1-13(2)10-16-11-15(4)17(12-14(16)3)18-8-6-7-9-19(18)5/h6-9,11-13H,10H2,1-5H3/q+1. The summed E-state index contributed by atoms with van der Waals surface area (Å²) in [5.41, 5.74) is 6.86. The number of hydrogen-bond donors (Lipinski definition) is 0. The Labute approximate surface area is 116 Å². The molecule has 0 aliphatic heterocycles. The van der Waals surface area contributed by atoms with Crippen LogP contribution in [0.5, 0.6) is 0 Å². The second-order valence-electron chi connectivity index (χ2n) is 5.89. The van der Waals surface area contributed by atoms with Gasteiger partial charge in [0, 0.05) is 17.7 Å². The van der Waals surface area contributed by atoms with Crippen molar-refractivity contribution in [1.82, 2.24) is 0 Å². The first-order valence-electron chi connectivity index (χ1n) is 7.04. The zero-order valence-electron chi connectivity index (χ0n) is 12.7. The number of nitrogens with zero attached hydrogens (tertiary/aromatic N) is 1. The normalized spacial score (nSPS) is 11.1. The second kappa shape index (κ2) is 5.56. The molecule has 0 saturated carbocycles. The first-order valence-corrected chi connectivity index (χ1v) is 7.04. The number of rotatable bonds is 3. The third-order valence-electron chi connectivity index (χ3n) is 3.64. The van der Waals surface area contributed by atoms with Crippen LogP contribution < -0.4 is 4.57 Å². The Bertz CT molecular complexity index is 582. The van der Waals surface area contributed by atoms with E-state index in [1.165, 1.54) is 27.9 Å². The molecular formula is C18H24N+. The average molecular weight is 254 g/mol. The van der Waals surface area contributed by atoms with Crippen molar-refractivity contribution in [1.29, 1.82) is 0 Å². The van der Waals surface area contributed by atoms with Crippen molar-refractivity contribution in [2.24, 2.45) is 13.0 Å². The summed E-state index contributed by atoms with van der Waals surface area (Å²) in [5, 5.41) is 0. The zero-order valence-corrected chi connectivity index (χ0v) is 12.7. The van der Waals surface area contributed by atoms with E-state index in [1.807, 2.05) is 0 Å². The Morgan fingerprint density at radius 2 is 1.79 bits per heavy atom. The molecule has 0 radical (unpaired) electrons. The summed E-state index contributed by atoms with van der Waals surface area (Å²) in [7, 11) is 2.10. The summed E-state index contributed by atoms with van der Waals surface area (Å²) in [6.07, 6.45) is 3.26. The molecule has 0 aliphatic carbocycles. The minimum Gasteiger partial charge on any atom is -0.201 e. The van der Waals surface area contributed by atoms with Gasteiger partial charge in [0.2, 0.25) is 5.69 Å². The first-order chi connectivity index (χ1) is 8.99. The van der Waals surface area contributed by atoms with E-state index in [1.54, 1.807) is 0 Å². The van der Waals surface area contributed by atoms with Gasteiger partial charge in [-0.3, -0.25) is 0 Å². The van der Waals surface area contributed by atoms with Gasteiger partial charge < -0.3 is 0 Å². The Kier molecular flexibility index (Phi) is 4.04. The van der Waals surface area contributed by atoms with Crippen molar-refractivity contribution in [3.05, 3.63) is 53.2 Å². The van der Waals surface area contributed by atoms with Crippen LogP contribution in [0.2, 0.25) is 0 Å². The Morgan fingerprint density at radius 1 is 1.05 bits per heavy atom. The van der Waals surface area contributed by atoms with E-state index in [9.17, 15) is 0 Å². The van der Waals surface area contributed by atoms with Gasteiger partial charge in [0.25, 0.3) is 0 Å². The minimum atomic E-state index is 0.705. The molecule has 1 heterocycles. The topological polar surface area (TPSA) is 3.88 Å². The van der Waals surface area contributed by atoms with Gasteiger partial charge in [-0.15, -0.1) is 0 Å².